The zero-order valence-corrected chi connectivity index (χ0v) is 13.9. The molecule has 1 rings (SSSR count). The summed E-state index contributed by atoms with van der Waals surface area (Å²) in [4.78, 5) is 24.4. The molecule has 0 aliphatic carbocycles. The molecular formula is C17H25NO2S. The number of hydrogen-bond acceptors (Lipinski definition) is 3. The highest BCUT2D eigenvalue weighted by Crippen LogP contribution is 2.17. The molecule has 0 spiro atoms. The Hall–Kier alpha value is -1.29. The van der Waals surface area contributed by atoms with Gasteiger partial charge in [0.1, 0.15) is 5.78 Å². The fourth-order valence-corrected chi connectivity index (χ4v) is 2.49. The van der Waals surface area contributed by atoms with Crippen LogP contribution in [-0.4, -0.2) is 30.2 Å². The topological polar surface area (TPSA) is 46.2 Å². The number of ketones is 1. The van der Waals surface area contributed by atoms with E-state index in [1.807, 2.05) is 50.4 Å². The second-order valence-corrected chi connectivity index (χ2v) is 6.53. The third kappa shape index (κ3) is 6.80. The van der Waals surface area contributed by atoms with Crippen LogP contribution in [0.1, 0.15) is 25.8 Å². The number of carbonyl (C=O) groups is 2. The van der Waals surface area contributed by atoms with E-state index in [4.69, 9.17) is 0 Å². The third-order valence-corrected chi connectivity index (χ3v) is 4.05. The maximum atomic E-state index is 12.2. The average molecular weight is 307 g/mol. The highest BCUT2D eigenvalue weighted by atomic mass is 32.2. The Bertz CT molecular complexity index is 445. The van der Waals surface area contributed by atoms with Crippen LogP contribution in [0.5, 0.6) is 0 Å². The van der Waals surface area contributed by atoms with Gasteiger partial charge in [0, 0.05) is 31.1 Å². The van der Waals surface area contributed by atoms with Crippen LogP contribution in [0.15, 0.2) is 30.3 Å². The molecule has 0 saturated carbocycles. The fourth-order valence-electron chi connectivity index (χ4n) is 2.18. The molecule has 0 radical (unpaired) electrons. The van der Waals surface area contributed by atoms with Gasteiger partial charge in [0.2, 0.25) is 5.91 Å². The van der Waals surface area contributed by atoms with E-state index in [0.717, 1.165) is 11.3 Å². The second kappa shape index (κ2) is 9.61. The summed E-state index contributed by atoms with van der Waals surface area (Å²) >= 11 is 1.70. The lowest BCUT2D eigenvalue weighted by atomic mass is 9.88. The van der Waals surface area contributed by atoms with Crippen molar-refractivity contribution < 1.29 is 9.59 Å². The van der Waals surface area contributed by atoms with Gasteiger partial charge in [0.05, 0.1) is 0 Å². The molecule has 0 aliphatic heterocycles. The molecule has 1 aromatic carbocycles. The van der Waals surface area contributed by atoms with Gasteiger partial charge in [0.25, 0.3) is 0 Å². The van der Waals surface area contributed by atoms with Gasteiger partial charge in [-0.05, 0) is 17.7 Å². The van der Waals surface area contributed by atoms with Crippen molar-refractivity contribution in [3.8, 4) is 0 Å². The predicted molar refractivity (Wildman–Crippen MR) is 89.5 cm³/mol. The molecule has 3 nitrogen and oxygen atoms in total. The Morgan fingerprint density at radius 3 is 2.43 bits per heavy atom. The number of Topliss-reactive ketones (excluding diaryl/α,β-unsaturated/α-hetero) is 1. The first-order valence-electron chi connectivity index (χ1n) is 7.37. The van der Waals surface area contributed by atoms with Crippen LogP contribution in [0, 0.1) is 11.8 Å². The second-order valence-electron chi connectivity index (χ2n) is 5.54. The summed E-state index contributed by atoms with van der Waals surface area (Å²) in [5.41, 5.74) is 1.01. The molecule has 116 valence electrons. The van der Waals surface area contributed by atoms with Gasteiger partial charge in [-0.3, -0.25) is 9.59 Å². The maximum Gasteiger partial charge on any atom is 0.223 e. The van der Waals surface area contributed by atoms with E-state index in [2.05, 4.69) is 5.32 Å². The normalized spacial score (nSPS) is 12.2. The minimum Gasteiger partial charge on any atom is -0.355 e. The van der Waals surface area contributed by atoms with Crippen LogP contribution >= 0.6 is 11.8 Å². The SMILES string of the molecule is CSCCNC(=O)C(CC(=O)Cc1ccccc1)C(C)C. The molecule has 1 amide bonds. The Labute approximate surface area is 131 Å². The van der Waals surface area contributed by atoms with Gasteiger partial charge in [-0.1, -0.05) is 44.2 Å². The lowest BCUT2D eigenvalue weighted by molar-refractivity contribution is -0.130. The van der Waals surface area contributed by atoms with Crippen LogP contribution in [0.4, 0.5) is 0 Å². The van der Waals surface area contributed by atoms with Crippen molar-refractivity contribution in [3.63, 3.8) is 0 Å². The molecule has 1 unspecified atom stereocenters. The Morgan fingerprint density at radius 1 is 1.19 bits per heavy atom. The minimum atomic E-state index is -0.233. The molecule has 1 aromatic rings. The number of amides is 1. The van der Waals surface area contributed by atoms with Crippen molar-refractivity contribution in [3.05, 3.63) is 35.9 Å². The Kier molecular flexibility index (Phi) is 8.13. The summed E-state index contributed by atoms with van der Waals surface area (Å²) in [5, 5.41) is 2.92. The van der Waals surface area contributed by atoms with Crippen molar-refractivity contribution >= 4 is 23.5 Å². The monoisotopic (exact) mass is 307 g/mol. The lowest BCUT2D eigenvalue weighted by Gasteiger charge is -2.19. The lowest BCUT2D eigenvalue weighted by Crippen LogP contribution is -2.36. The molecule has 0 saturated heterocycles. The van der Waals surface area contributed by atoms with Crippen LogP contribution in [0.25, 0.3) is 0 Å². The van der Waals surface area contributed by atoms with Crippen molar-refractivity contribution in [2.24, 2.45) is 11.8 Å². The molecule has 4 heteroatoms. The van der Waals surface area contributed by atoms with Crippen LogP contribution in [-0.2, 0) is 16.0 Å². The molecule has 0 bridgehead atoms. The number of thioether (sulfide) groups is 1. The molecule has 21 heavy (non-hydrogen) atoms. The van der Waals surface area contributed by atoms with Gasteiger partial charge in [-0.2, -0.15) is 11.8 Å². The van der Waals surface area contributed by atoms with Crippen molar-refractivity contribution in [1.29, 1.82) is 0 Å². The number of hydrogen-bond donors (Lipinski definition) is 1. The van der Waals surface area contributed by atoms with Gasteiger partial charge in [-0.15, -0.1) is 0 Å². The van der Waals surface area contributed by atoms with E-state index in [9.17, 15) is 9.59 Å². The van der Waals surface area contributed by atoms with Gasteiger partial charge < -0.3 is 5.32 Å². The molecule has 0 aromatic heterocycles. The van der Waals surface area contributed by atoms with E-state index < -0.39 is 0 Å². The van der Waals surface area contributed by atoms with Crippen molar-refractivity contribution in [2.75, 3.05) is 18.6 Å². The first-order chi connectivity index (χ1) is 10.0. The highest BCUT2D eigenvalue weighted by Gasteiger charge is 2.24. The quantitative estimate of drug-likeness (QED) is 0.714. The van der Waals surface area contributed by atoms with Crippen LogP contribution in [0.2, 0.25) is 0 Å². The van der Waals surface area contributed by atoms with E-state index in [0.29, 0.717) is 19.4 Å². The summed E-state index contributed by atoms with van der Waals surface area (Å²) in [7, 11) is 0. The Balaban J connectivity index is 2.53. The summed E-state index contributed by atoms with van der Waals surface area (Å²) in [6, 6.07) is 9.68. The van der Waals surface area contributed by atoms with E-state index in [1.54, 1.807) is 11.8 Å². The molecule has 0 heterocycles. The summed E-state index contributed by atoms with van der Waals surface area (Å²) in [5.74, 6) is 0.955. The fraction of sp³-hybridized carbons (Fsp3) is 0.529. The van der Waals surface area contributed by atoms with E-state index in [1.165, 1.54) is 0 Å². The van der Waals surface area contributed by atoms with Crippen molar-refractivity contribution in [1.82, 2.24) is 5.32 Å². The maximum absolute atomic E-state index is 12.2. The molecule has 0 aliphatic rings. The van der Waals surface area contributed by atoms with Gasteiger partial charge in [-0.25, -0.2) is 0 Å². The standard InChI is InChI=1S/C17H25NO2S/c1-13(2)16(17(20)18-9-10-21-3)12-15(19)11-14-7-5-4-6-8-14/h4-8,13,16H,9-12H2,1-3H3,(H,18,20). The molecular weight excluding hydrogens is 282 g/mol. The third-order valence-electron chi connectivity index (χ3n) is 3.44. The molecule has 1 atom stereocenters. The zero-order valence-electron chi connectivity index (χ0n) is 13.1. The number of nitrogens with one attached hydrogen (secondary N) is 1. The van der Waals surface area contributed by atoms with Crippen LogP contribution < -0.4 is 5.32 Å². The number of carbonyl (C=O) groups excluding carboxylic acids is 2. The van der Waals surface area contributed by atoms with E-state index >= 15 is 0 Å². The molecule has 0 fully saturated rings. The summed E-state index contributed by atoms with van der Waals surface area (Å²) in [6.45, 7) is 4.65. The largest absolute Gasteiger partial charge is 0.355 e. The van der Waals surface area contributed by atoms with Gasteiger partial charge in [0.15, 0.2) is 0 Å². The first-order valence-corrected chi connectivity index (χ1v) is 8.76. The Morgan fingerprint density at radius 2 is 1.86 bits per heavy atom. The number of rotatable bonds is 9. The average Bonchev–Trinajstić information content (AvgIpc) is 2.45. The zero-order chi connectivity index (χ0) is 15.7. The molecule has 1 N–H and O–H groups in total. The highest BCUT2D eigenvalue weighted by molar-refractivity contribution is 7.98. The smallest absolute Gasteiger partial charge is 0.223 e. The number of benzene rings is 1. The summed E-state index contributed by atoms with van der Waals surface area (Å²) in [6.07, 6.45) is 2.73. The predicted octanol–water partition coefficient (Wildman–Crippen LogP) is 2.94. The van der Waals surface area contributed by atoms with E-state index in [-0.39, 0.29) is 23.5 Å². The first kappa shape index (κ1) is 17.8. The summed E-state index contributed by atoms with van der Waals surface area (Å²) < 4.78 is 0. The van der Waals surface area contributed by atoms with Crippen LogP contribution in [0.3, 0.4) is 0 Å². The van der Waals surface area contributed by atoms with Gasteiger partial charge >= 0.3 is 0 Å². The van der Waals surface area contributed by atoms with Crippen molar-refractivity contribution in [2.45, 2.75) is 26.7 Å². The minimum absolute atomic E-state index is 0.000427.